The second-order valence-corrected chi connectivity index (χ2v) is 5.29. The molecule has 0 unspecified atom stereocenters. The second kappa shape index (κ2) is 7.19. The minimum atomic E-state index is -0.371. The number of amides is 3. The lowest BCUT2D eigenvalue weighted by atomic mass is 10.0. The van der Waals surface area contributed by atoms with Crippen molar-refractivity contribution in [2.24, 2.45) is 0 Å². The van der Waals surface area contributed by atoms with E-state index in [-0.39, 0.29) is 36.2 Å². The average molecular weight is 282 g/mol. The van der Waals surface area contributed by atoms with Crippen LogP contribution in [-0.2, 0) is 19.1 Å². The quantitative estimate of drug-likeness (QED) is 0.523. The fraction of sp³-hybridized carbons (Fsp3) is 0.643. The molecule has 0 spiro atoms. The van der Waals surface area contributed by atoms with Crippen molar-refractivity contribution in [2.75, 3.05) is 19.8 Å². The van der Waals surface area contributed by atoms with E-state index in [1.807, 2.05) is 20.8 Å². The number of imide groups is 1. The van der Waals surface area contributed by atoms with Crippen LogP contribution in [0.15, 0.2) is 12.2 Å². The predicted octanol–water partition coefficient (Wildman–Crippen LogP) is 0.623. The lowest BCUT2D eigenvalue weighted by molar-refractivity contribution is -0.137. The van der Waals surface area contributed by atoms with E-state index in [0.29, 0.717) is 19.6 Å². The van der Waals surface area contributed by atoms with E-state index in [1.54, 1.807) is 0 Å². The predicted molar refractivity (Wildman–Crippen MR) is 73.8 cm³/mol. The summed E-state index contributed by atoms with van der Waals surface area (Å²) in [5.74, 6) is -0.907. The number of rotatable bonds is 8. The molecule has 0 radical (unpaired) electrons. The Morgan fingerprint density at radius 1 is 1.30 bits per heavy atom. The molecule has 1 rings (SSSR count). The molecule has 0 aromatic carbocycles. The van der Waals surface area contributed by atoms with Crippen LogP contribution >= 0.6 is 0 Å². The third kappa shape index (κ3) is 5.13. The summed E-state index contributed by atoms with van der Waals surface area (Å²) >= 11 is 0. The van der Waals surface area contributed by atoms with Gasteiger partial charge in [-0.1, -0.05) is 0 Å². The zero-order chi connectivity index (χ0) is 15.2. The topological polar surface area (TPSA) is 75.7 Å². The van der Waals surface area contributed by atoms with Gasteiger partial charge in [0.15, 0.2) is 0 Å². The van der Waals surface area contributed by atoms with Crippen molar-refractivity contribution < 1.29 is 19.1 Å². The molecule has 0 aromatic rings. The molecule has 0 saturated carbocycles. The van der Waals surface area contributed by atoms with Crippen LogP contribution in [0.5, 0.6) is 0 Å². The van der Waals surface area contributed by atoms with Crippen molar-refractivity contribution in [3.05, 3.63) is 12.2 Å². The van der Waals surface area contributed by atoms with Crippen LogP contribution in [0.25, 0.3) is 0 Å². The second-order valence-electron chi connectivity index (χ2n) is 5.29. The summed E-state index contributed by atoms with van der Waals surface area (Å²) in [5, 5.41) is 2.88. The molecule has 0 saturated heterocycles. The molecule has 112 valence electrons. The molecule has 3 amide bonds. The summed E-state index contributed by atoms with van der Waals surface area (Å²) in [6.07, 6.45) is 3.24. The monoisotopic (exact) mass is 282 g/mol. The van der Waals surface area contributed by atoms with Crippen LogP contribution in [0.1, 0.15) is 33.6 Å². The number of nitrogens with one attached hydrogen (secondary N) is 1. The highest BCUT2D eigenvalue weighted by atomic mass is 16.5. The van der Waals surface area contributed by atoms with Gasteiger partial charge in [0.05, 0.1) is 0 Å². The van der Waals surface area contributed by atoms with Gasteiger partial charge in [0.2, 0.25) is 5.91 Å². The van der Waals surface area contributed by atoms with Crippen molar-refractivity contribution in [1.29, 1.82) is 0 Å². The van der Waals surface area contributed by atoms with Crippen molar-refractivity contribution in [2.45, 2.75) is 39.2 Å². The highest BCUT2D eigenvalue weighted by Crippen LogP contribution is 2.09. The van der Waals surface area contributed by atoms with Crippen LogP contribution in [0, 0.1) is 0 Å². The van der Waals surface area contributed by atoms with Crippen LogP contribution in [0.3, 0.4) is 0 Å². The summed E-state index contributed by atoms with van der Waals surface area (Å²) < 4.78 is 5.26. The van der Waals surface area contributed by atoms with Gasteiger partial charge >= 0.3 is 0 Å². The minimum Gasteiger partial charge on any atom is -0.382 e. The molecule has 0 atom stereocenters. The number of ether oxygens (including phenoxy) is 1. The van der Waals surface area contributed by atoms with Gasteiger partial charge in [0.1, 0.15) is 0 Å². The molecule has 1 aliphatic rings. The van der Waals surface area contributed by atoms with Gasteiger partial charge in [0, 0.05) is 43.9 Å². The van der Waals surface area contributed by atoms with E-state index in [1.165, 1.54) is 12.2 Å². The van der Waals surface area contributed by atoms with Gasteiger partial charge in [0.25, 0.3) is 11.8 Å². The molecule has 1 aliphatic heterocycles. The summed E-state index contributed by atoms with van der Waals surface area (Å²) in [4.78, 5) is 35.6. The maximum absolute atomic E-state index is 11.8. The largest absolute Gasteiger partial charge is 0.382 e. The van der Waals surface area contributed by atoms with Crippen molar-refractivity contribution >= 4 is 17.7 Å². The normalized spacial score (nSPS) is 15.1. The van der Waals surface area contributed by atoms with Crippen LogP contribution < -0.4 is 5.32 Å². The number of nitrogens with zero attached hydrogens (tertiary/aromatic N) is 1. The fourth-order valence-corrected chi connectivity index (χ4v) is 1.84. The van der Waals surface area contributed by atoms with Crippen molar-refractivity contribution in [1.82, 2.24) is 10.2 Å². The zero-order valence-corrected chi connectivity index (χ0v) is 12.3. The van der Waals surface area contributed by atoms with Gasteiger partial charge in [-0.15, -0.1) is 0 Å². The third-order valence-electron chi connectivity index (χ3n) is 3.02. The zero-order valence-electron chi connectivity index (χ0n) is 12.3. The Morgan fingerprint density at radius 2 is 1.90 bits per heavy atom. The number of carbonyl (C=O) groups excluding carboxylic acids is 3. The number of hydrogen-bond donors (Lipinski definition) is 1. The average Bonchev–Trinajstić information content (AvgIpc) is 2.66. The lowest BCUT2D eigenvalue weighted by Crippen LogP contribution is -2.45. The highest BCUT2D eigenvalue weighted by molar-refractivity contribution is 6.13. The summed E-state index contributed by atoms with van der Waals surface area (Å²) in [5.41, 5.74) is -0.371. The fourth-order valence-electron chi connectivity index (χ4n) is 1.84. The van der Waals surface area contributed by atoms with E-state index in [2.05, 4.69) is 5.32 Å². The van der Waals surface area contributed by atoms with Gasteiger partial charge in [-0.3, -0.25) is 19.3 Å². The molecule has 20 heavy (non-hydrogen) atoms. The van der Waals surface area contributed by atoms with Gasteiger partial charge in [-0.2, -0.15) is 0 Å². The maximum Gasteiger partial charge on any atom is 0.253 e. The Morgan fingerprint density at radius 3 is 2.45 bits per heavy atom. The van der Waals surface area contributed by atoms with E-state index in [0.717, 1.165) is 4.90 Å². The van der Waals surface area contributed by atoms with Crippen molar-refractivity contribution in [3.8, 4) is 0 Å². The highest BCUT2D eigenvalue weighted by Gasteiger charge is 2.25. The Labute approximate surface area is 119 Å². The molecule has 1 heterocycles. The molecular formula is C14H22N2O4. The molecule has 0 bridgehead atoms. The molecule has 6 heteroatoms. The third-order valence-corrected chi connectivity index (χ3v) is 3.02. The molecule has 0 aromatic heterocycles. The number of hydrogen-bond acceptors (Lipinski definition) is 4. The lowest BCUT2D eigenvalue weighted by Gasteiger charge is -2.26. The molecule has 0 fully saturated rings. The van der Waals surface area contributed by atoms with Gasteiger partial charge in [-0.25, -0.2) is 0 Å². The summed E-state index contributed by atoms with van der Waals surface area (Å²) in [6, 6.07) is 0. The van der Waals surface area contributed by atoms with Gasteiger partial charge in [-0.05, 0) is 27.2 Å². The van der Waals surface area contributed by atoms with Crippen molar-refractivity contribution in [3.63, 3.8) is 0 Å². The maximum atomic E-state index is 11.8. The summed E-state index contributed by atoms with van der Waals surface area (Å²) in [6.45, 7) is 7.09. The first-order chi connectivity index (χ1) is 9.35. The molecule has 6 nitrogen and oxygen atoms in total. The Balaban J connectivity index is 2.32. The smallest absolute Gasteiger partial charge is 0.253 e. The number of carbonyl (C=O) groups is 3. The summed E-state index contributed by atoms with van der Waals surface area (Å²) in [7, 11) is 0. The van der Waals surface area contributed by atoms with Crippen LogP contribution in [0.2, 0.25) is 0 Å². The standard InChI is InChI=1S/C14H22N2O4/c1-4-20-10-8-14(2,3)15-11(17)7-9-16-12(18)5-6-13(16)19/h5-6H,4,7-10H2,1-3H3,(H,15,17). The first-order valence-electron chi connectivity index (χ1n) is 6.78. The van der Waals surface area contributed by atoms with Crippen LogP contribution in [-0.4, -0.2) is 47.9 Å². The van der Waals surface area contributed by atoms with E-state index >= 15 is 0 Å². The van der Waals surface area contributed by atoms with E-state index in [4.69, 9.17) is 4.74 Å². The Hall–Kier alpha value is -1.69. The first-order valence-corrected chi connectivity index (χ1v) is 6.78. The Kier molecular flexibility index (Phi) is 5.88. The minimum absolute atomic E-state index is 0.108. The van der Waals surface area contributed by atoms with E-state index < -0.39 is 0 Å². The SMILES string of the molecule is CCOCCC(C)(C)NC(=O)CCN1C(=O)C=CC1=O. The first kappa shape index (κ1) is 16.4. The van der Waals surface area contributed by atoms with E-state index in [9.17, 15) is 14.4 Å². The van der Waals surface area contributed by atoms with Gasteiger partial charge < -0.3 is 10.1 Å². The molecule has 1 N–H and O–H groups in total. The van der Waals surface area contributed by atoms with Crippen LogP contribution in [0.4, 0.5) is 0 Å². The Bertz CT molecular complexity index is 397. The molecule has 0 aliphatic carbocycles. The molecular weight excluding hydrogens is 260 g/mol.